The van der Waals surface area contributed by atoms with Gasteiger partial charge in [-0.3, -0.25) is 14.5 Å². The Morgan fingerprint density at radius 2 is 2.10 bits per heavy atom. The second kappa shape index (κ2) is 9.57. The predicted molar refractivity (Wildman–Crippen MR) is 121 cm³/mol. The van der Waals surface area contributed by atoms with Gasteiger partial charge < -0.3 is 14.6 Å². The lowest BCUT2D eigenvalue weighted by molar-refractivity contribution is -0.140. The molecule has 2 aliphatic rings. The van der Waals surface area contributed by atoms with Gasteiger partial charge in [-0.15, -0.1) is 9.24 Å². The number of allylic oxidation sites excluding steroid dienone is 2. The Hall–Kier alpha value is -2.15. The fraction of sp³-hybridized carbons (Fsp3) is 0.250. The van der Waals surface area contributed by atoms with Gasteiger partial charge in [-0.1, -0.05) is 42.2 Å². The average Bonchev–Trinajstić information content (AvgIpc) is 2.95. The van der Waals surface area contributed by atoms with Crippen LogP contribution in [0.5, 0.6) is 11.5 Å². The number of carbonyl (C=O) groups excluding carboxylic acids is 1. The molecule has 0 bridgehead atoms. The molecule has 0 spiro atoms. The van der Waals surface area contributed by atoms with Crippen LogP contribution in [0.1, 0.15) is 18.4 Å². The van der Waals surface area contributed by atoms with Gasteiger partial charge in [-0.2, -0.15) is 0 Å². The van der Waals surface area contributed by atoms with Crippen LogP contribution in [-0.4, -0.2) is 46.5 Å². The Morgan fingerprint density at radius 3 is 2.79 bits per heavy atom. The first-order valence-electron chi connectivity index (χ1n) is 8.82. The van der Waals surface area contributed by atoms with Crippen LogP contribution in [0.3, 0.4) is 0 Å². The first-order valence-corrected chi connectivity index (χ1v) is 10.6. The Balaban J connectivity index is 1.75. The number of carbonyl (C=O) groups is 2. The predicted octanol–water partition coefficient (Wildman–Crippen LogP) is 3.84. The van der Waals surface area contributed by atoms with Crippen LogP contribution in [0, 0.1) is 0 Å². The van der Waals surface area contributed by atoms with Crippen LogP contribution in [0.2, 0.25) is 0 Å². The van der Waals surface area contributed by atoms with Crippen molar-refractivity contribution >= 4 is 55.5 Å². The van der Waals surface area contributed by atoms with Crippen LogP contribution in [-0.2, 0) is 9.59 Å². The highest BCUT2D eigenvalue weighted by Gasteiger charge is 2.33. The number of hydrogen-bond acceptors (Lipinski definition) is 6. The van der Waals surface area contributed by atoms with E-state index in [0.29, 0.717) is 23.0 Å². The zero-order valence-corrected chi connectivity index (χ0v) is 18.5. The molecule has 1 atom stereocenters. The molecular weight excluding hydrogens is 429 g/mol. The highest BCUT2D eigenvalue weighted by atomic mass is 32.2. The third kappa shape index (κ3) is 5.26. The summed E-state index contributed by atoms with van der Waals surface area (Å²) >= 11 is 6.20. The average molecular weight is 449 g/mol. The lowest BCUT2D eigenvalue weighted by Gasteiger charge is -2.15. The molecular formula is C20H20NO5PS2. The summed E-state index contributed by atoms with van der Waals surface area (Å²) in [7, 11) is 4.28. The van der Waals surface area contributed by atoms with Crippen LogP contribution in [0.25, 0.3) is 6.08 Å². The molecule has 152 valence electrons. The molecule has 1 heterocycles. The molecule has 29 heavy (non-hydrogen) atoms. The minimum Gasteiger partial charge on any atom is -0.493 e. The molecule has 1 N–H and O–H groups in total. The van der Waals surface area contributed by atoms with Gasteiger partial charge >= 0.3 is 5.97 Å². The van der Waals surface area contributed by atoms with Crippen LogP contribution >= 0.6 is 33.2 Å². The fourth-order valence-electron chi connectivity index (χ4n) is 2.86. The van der Waals surface area contributed by atoms with Gasteiger partial charge in [0.05, 0.1) is 12.0 Å². The number of hydrogen-bond donors (Lipinski definition) is 1. The summed E-state index contributed by atoms with van der Waals surface area (Å²) in [6, 6.07) is 5.37. The largest absolute Gasteiger partial charge is 0.493 e. The molecule has 1 saturated heterocycles. The zero-order chi connectivity index (χ0) is 21.0. The summed E-state index contributed by atoms with van der Waals surface area (Å²) in [4.78, 5) is 24.8. The monoisotopic (exact) mass is 449 g/mol. The molecule has 6 nitrogen and oxygen atoms in total. The zero-order valence-electron chi connectivity index (χ0n) is 15.7. The molecule has 1 fully saturated rings. The minimum absolute atomic E-state index is 0.234. The summed E-state index contributed by atoms with van der Waals surface area (Å²) < 4.78 is 11.6. The number of carboxylic acid groups (broad SMARTS) is 1. The number of carboxylic acids is 1. The van der Waals surface area contributed by atoms with Crippen molar-refractivity contribution in [2.24, 2.45) is 0 Å². The first kappa shape index (κ1) is 21.6. The number of rotatable bonds is 7. The topological polar surface area (TPSA) is 76.1 Å². The molecule has 0 radical (unpaired) electrons. The Morgan fingerprint density at radius 1 is 1.34 bits per heavy atom. The summed E-state index contributed by atoms with van der Waals surface area (Å²) in [5, 5.41) is 10.1. The number of aliphatic carboxylic acids is 1. The lowest BCUT2D eigenvalue weighted by atomic mass is 10.1. The van der Waals surface area contributed by atoms with Crippen LogP contribution < -0.4 is 9.47 Å². The highest BCUT2D eigenvalue weighted by molar-refractivity contribution is 8.26. The van der Waals surface area contributed by atoms with Gasteiger partial charge in [0.2, 0.25) is 0 Å². The number of thiocarbonyl (C=S) groups is 1. The van der Waals surface area contributed by atoms with E-state index in [1.165, 1.54) is 0 Å². The number of thioether (sulfide) groups is 1. The Bertz CT molecular complexity index is 954. The molecule has 1 aliphatic heterocycles. The van der Waals surface area contributed by atoms with Gasteiger partial charge in [-0.25, -0.2) is 0 Å². The second-order valence-corrected chi connectivity index (χ2v) is 8.62. The second-order valence-electron chi connectivity index (χ2n) is 6.33. The van der Waals surface area contributed by atoms with Gasteiger partial charge in [-0.05, 0) is 47.5 Å². The van der Waals surface area contributed by atoms with Crippen molar-refractivity contribution in [1.82, 2.24) is 4.90 Å². The van der Waals surface area contributed by atoms with Crippen molar-refractivity contribution in [1.29, 1.82) is 0 Å². The van der Waals surface area contributed by atoms with Crippen molar-refractivity contribution in [3.63, 3.8) is 0 Å². The van der Waals surface area contributed by atoms with E-state index in [2.05, 4.69) is 21.4 Å². The van der Waals surface area contributed by atoms with Crippen molar-refractivity contribution in [3.8, 4) is 11.5 Å². The van der Waals surface area contributed by atoms with Gasteiger partial charge in [0.1, 0.15) is 17.5 Å². The molecule has 1 aliphatic carbocycles. The van der Waals surface area contributed by atoms with Crippen molar-refractivity contribution in [2.45, 2.75) is 12.8 Å². The van der Waals surface area contributed by atoms with Crippen LogP contribution in [0.4, 0.5) is 0 Å². The lowest BCUT2D eigenvalue weighted by Crippen LogP contribution is -2.33. The smallest absolute Gasteiger partial charge is 0.323 e. The SMILES string of the molecule is COc1cc(/C=C2\SC(=S)N(CC(=O)O)C2=O)ccc1OCC1=CCCC=C1P. The summed E-state index contributed by atoms with van der Waals surface area (Å²) in [5.41, 5.74) is 1.86. The molecule has 9 heteroatoms. The number of nitrogens with zero attached hydrogens (tertiary/aromatic N) is 1. The molecule has 3 rings (SSSR count). The molecule has 0 saturated carbocycles. The van der Waals surface area contributed by atoms with Crippen LogP contribution in [0.15, 0.2) is 46.1 Å². The van der Waals surface area contributed by atoms with E-state index in [0.717, 1.165) is 46.0 Å². The van der Waals surface area contributed by atoms with E-state index in [9.17, 15) is 9.59 Å². The summed E-state index contributed by atoms with van der Waals surface area (Å²) in [5.74, 6) is -0.370. The molecule has 1 aromatic carbocycles. The first-order chi connectivity index (χ1) is 13.9. The molecule has 0 aromatic heterocycles. The number of benzene rings is 1. The fourth-order valence-corrected chi connectivity index (χ4v) is 4.48. The van der Waals surface area contributed by atoms with E-state index in [4.69, 9.17) is 26.8 Å². The number of methoxy groups -OCH3 is 1. The van der Waals surface area contributed by atoms with E-state index in [-0.39, 0.29) is 4.32 Å². The maximum absolute atomic E-state index is 12.4. The van der Waals surface area contributed by atoms with Crippen molar-refractivity contribution < 1.29 is 24.2 Å². The van der Waals surface area contributed by atoms with E-state index >= 15 is 0 Å². The quantitative estimate of drug-likeness (QED) is 0.385. The maximum Gasteiger partial charge on any atom is 0.323 e. The maximum atomic E-state index is 12.4. The van der Waals surface area contributed by atoms with Gasteiger partial charge in [0.25, 0.3) is 5.91 Å². The molecule has 1 aromatic rings. The Kier molecular flexibility index (Phi) is 7.11. The number of amides is 1. The van der Waals surface area contributed by atoms with Crippen molar-refractivity contribution in [2.75, 3.05) is 20.3 Å². The Labute approximate surface area is 180 Å². The standard InChI is InChI=1S/C20H20NO5PS2/c1-25-15-8-12(9-17-19(24)21(10-18(22)23)20(28)29-17)6-7-14(15)26-11-13-4-2-3-5-16(13)27/h4-9H,2-3,10-11,27H2,1H3,(H,22,23)/b17-9-. The van der Waals surface area contributed by atoms with E-state index in [1.807, 2.05) is 6.07 Å². The van der Waals surface area contributed by atoms with E-state index in [1.54, 1.807) is 25.3 Å². The number of ether oxygens (including phenoxy) is 2. The minimum atomic E-state index is -1.11. The normalized spacial score (nSPS) is 18.0. The third-order valence-electron chi connectivity index (χ3n) is 4.33. The third-order valence-corrected chi connectivity index (χ3v) is 6.31. The van der Waals surface area contributed by atoms with Gasteiger partial charge in [0, 0.05) is 0 Å². The van der Waals surface area contributed by atoms with E-state index < -0.39 is 18.4 Å². The summed E-state index contributed by atoms with van der Waals surface area (Å²) in [6.07, 6.45) is 8.05. The molecule has 1 amide bonds. The highest BCUT2D eigenvalue weighted by Crippen LogP contribution is 2.35. The summed E-state index contributed by atoms with van der Waals surface area (Å²) in [6.45, 7) is -0.00100. The van der Waals surface area contributed by atoms with Gasteiger partial charge in [0.15, 0.2) is 11.5 Å². The van der Waals surface area contributed by atoms with Crippen molar-refractivity contribution in [3.05, 3.63) is 51.7 Å². The molecule has 1 unspecified atom stereocenters.